The molecule has 1 aromatic carbocycles. The highest BCUT2D eigenvalue weighted by atomic mass is 127. The fourth-order valence-corrected chi connectivity index (χ4v) is 6.00. The molecule has 0 aliphatic carbocycles. The van der Waals surface area contributed by atoms with Crippen molar-refractivity contribution >= 4 is 32.7 Å². The quantitative estimate of drug-likeness (QED) is 0.0551. The number of nitrogens with zero attached hydrogens (tertiary/aromatic N) is 1. The highest BCUT2D eigenvalue weighted by Gasteiger charge is 2.27. The number of hydrogen-bond donors (Lipinski definition) is 0. The summed E-state index contributed by atoms with van der Waals surface area (Å²) in [5.74, 6) is 3.40. The van der Waals surface area contributed by atoms with Crippen LogP contribution in [0, 0.1) is 16.8 Å². The van der Waals surface area contributed by atoms with E-state index in [1.807, 2.05) is 6.92 Å². The molecule has 1 aliphatic heterocycles. The number of rotatable bonds is 17. The number of quaternary nitrogens is 1. The second-order valence-corrected chi connectivity index (χ2v) is 13.1. The minimum absolute atomic E-state index is 0.178. The van der Waals surface area contributed by atoms with Gasteiger partial charge in [0.25, 0.3) is 0 Å². The Labute approximate surface area is 249 Å². The summed E-state index contributed by atoms with van der Waals surface area (Å²) in [6.45, 7) is 9.36. The second-order valence-electron chi connectivity index (χ2n) is 11.2. The average Bonchev–Trinajstić information content (AvgIpc) is 3.14. The van der Waals surface area contributed by atoms with E-state index in [0.717, 1.165) is 12.1 Å². The van der Waals surface area contributed by atoms with Crippen molar-refractivity contribution in [1.29, 1.82) is 0 Å². The van der Waals surface area contributed by atoms with E-state index in [2.05, 4.69) is 39.4 Å². The van der Waals surface area contributed by atoms with Gasteiger partial charge in [0, 0.05) is 22.6 Å². The first-order chi connectivity index (χ1) is 18.3. The average molecular weight is 660 g/mol. The Morgan fingerprint density at radius 1 is 0.763 bits per heavy atom. The molecule has 1 saturated heterocycles. The Kier molecular flexibility index (Phi) is 20.6. The molecule has 1 fully saturated rings. The zero-order chi connectivity index (χ0) is 28.0. The van der Waals surface area contributed by atoms with Crippen LogP contribution in [0.1, 0.15) is 128 Å². The molecule has 0 saturated carbocycles. The van der Waals surface area contributed by atoms with Crippen LogP contribution >= 0.6 is 22.6 Å². The van der Waals surface area contributed by atoms with Gasteiger partial charge in [-0.1, -0.05) is 102 Å². The van der Waals surface area contributed by atoms with Crippen LogP contribution < -0.4 is 0 Å². The normalized spacial score (nSPS) is 15.1. The summed E-state index contributed by atoms with van der Waals surface area (Å²) < 4.78 is 35.6. The van der Waals surface area contributed by atoms with Crippen LogP contribution in [0.3, 0.4) is 0 Å². The maximum atomic E-state index is 10.4. The Balaban J connectivity index is 0.000000544. The van der Waals surface area contributed by atoms with Gasteiger partial charge in [-0.25, -0.2) is 8.42 Å². The van der Waals surface area contributed by atoms with Gasteiger partial charge in [0.2, 0.25) is 0 Å². The van der Waals surface area contributed by atoms with E-state index < -0.39 is 10.1 Å². The lowest BCUT2D eigenvalue weighted by Crippen LogP contribution is -2.49. The van der Waals surface area contributed by atoms with Gasteiger partial charge < -0.3 is 9.04 Å². The molecule has 1 aromatic rings. The summed E-state index contributed by atoms with van der Waals surface area (Å²) in [6, 6.07) is 5.78. The van der Waals surface area contributed by atoms with Crippen molar-refractivity contribution in [3.05, 3.63) is 29.8 Å². The molecular weight excluding hydrogens is 605 g/mol. The molecule has 0 spiro atoms. The number of aryl methyl sites for hydroxylation is 1. The first kappa shape index (κ1) is 35.4. The van der Waals surface area contributed by atoms with Crippen LogP contribution in [-0.2, 0) is 10.1 Å². The van der Waals surface area contributed by atoms with E-state index in [0.29, 0.717) is 0 Å². The number of benzene rings is 1. The Hall–Kier alpha value is -0.620. The summed E-state index contributed by atoms with van der Waals surface area (Å²) in [5, 5.41) is 0. The molecule has 1 aliphatic rings. The maximum Gasteiger partial charge on any atom is 0.141 e. The SMILES string of the molecule is CCCCCCCCCCCCCCCC[N+]1(CC#CI)CCCCCC1.Cc1ccc(S(=O)(=O)[O-])cc1. The Bertz CT molecular complexity index is 866. The van der Waals surface area contributed by atoms with E-state index in [9.17, 15) is 13.0 Å². The molecule has 6 heteroatoms. The zero-order valence-electron chi connectivity index (χ0n) is 24.3. The number of halogens is 1. The van der Waals surface area contributed by atoms with Crippen molar-refractivity contribution in [1.82, 2.24) is 0 Å². The van der Waals surface area contributed by atoms with E-state index in [1.165, 1.54) is 152 Å². The highest BCUT2D eigenvalue weighted by molar-refractivity contribution is 14.1. The zero-order valence-corrected chi connectivity index (χ0v) is 27.3. The van der Waals surface area contributed by atoms with Crippen LogP contribution in [-0.4, -0.2) is 43.6 Å². The highest BCUT2D eigenvalue weighted by Crippen LogP contribution is 2.20. The summed E-state index contributed by atoms with van der Waals surface area (Å²) in [5.41, 5.74) is 0.928. The van der Waals surface area contributed by atoms with E-state index >= 15 is 0 Å². The number of unbranched alkanes of at least 4 members (excludes halogenated alkanes) is 13. The molecule has 0 bridgehead atoms. The van der Waals surface area contributed by atoms with Gasteiger partial charge >= 0.3 is 0 Å². The van der Waals surface area contributed by atoms with Crippen molar-refractivity contribution in [2.75, 3.05) is 26.2 Å². The summed E-state index contributed by atoms with van der Waals surface area (Å²) in [7, 11) is -4.27. The van der Waals surface area contributed by atoms with Gasteiger partial charge in [-0.15, -0.1) is 0 Å². The molecule has 0 amide bonds. The molecule has 1 heterocycles. The molecular formula is C32H54INO3S. The third-order valence-electron chi connectivity index (χ3n) is 7.79. The first-order valence-electron chi connectivity index (χ1n) is 15.3. The minimum Gasteiger partial charge on any atom is -0.744 e. The molecule has 0 unspecified atom stereocenters. The van der Waals surface area contributed by atoms with E-state index in [-0.39, 0.29) is 4.90 Å². The standard InChI is InChI=1S/C25H47IN.C7H8O3S/c1-2-3-4-5-6-7-8-9-10-11-12-13-14-17-22-27(25-20-21-26)23-18-15-16-19-24-27;1-6-2-4-7(5-3-6)11(8,9)10/h2-19,22-25H2,1H3;2-5H,1H3,(H,8,9,10)/q+1;/p-1. The predicted octanol–water partition coefficient (Wildman–Crippen LogP) is 9.15. The summed E-state index contributed by atoms with van der Waals surface area (Å²) >= 11 is 2.21. The molecule has 0 radical (unpaired) electrons. The van der Waals surface area contributed by atoms with Crippen molar-refractivity contribution in [3.63, 3.8) is 0 Å². The largest absolute Gasteiger partial charge is 0.744 e. The molecule has 0 N–H and O–H groups in total. The summed E-state index contributed by atoms with van der Waals surface area (Å²) in [6.07, 6.45) is 26.1. The third kappa shape index (κ3) is 17.9. The van der Waals surface area contributed by atoms with Crippen molar-refractivity contribution in [2.45, 2.75) is 134 Å². The Morgan fingerprint density at radius 2 is 1.21 bits per heavy atom. The van der Waals surface area contributed by atoms with Crippen LogP contribution in [0.5, 0.6) is 0 Å². The van der Waals surface area contributed by atoms with Crippen molar-refractivity contribution < 1.29 is 17.5 Å². The van der Waals surface area contributed by atoms with Gasteiger partial charge in [-0.3, -0.25) is 0 Å². The van der Waals surface area contributed by atoms with Gasteiger partial charge in [-0.2, -0.15) is 0 Å². The fourth-order valence-electron chi connectivity index (χ4n) is 5.36. The molecule has 2 rings (SSSR count). The number of likely N-dealkylation sites (tertiary alicyclic amines) is 1. The smallest absolute Gasteiger partial charge is 0.141 e. The lowest BCUT2D eigenvalue weighted by molar-refractivity contribution is -0.921. The molecule has 38 heavy (non-hydrogen) atoms. The lowest BCUT2D eigenvalue weighted by atomic mass is 10.0. The molecule has 218 valence electrons. The lowest BCUT2D eigenvalue weighted by Gasteiger charge is -2.36. The third-order valence-corrected chi connectivity index (χ3v) is 9.02. The minimum atomic E-state index is -4.27. The molecule has 0 aromatic heterocycles. The van der Waals surface area contributed by atoms with Crippen molar-refractivity contribution in [2.24, 2.45) is 0 Å². The predicted molar refractivity (Wildman–Crippen MR) is 169 cm³/mol. The topological polar surface area (TPSA) is 57.2 Å². The number of hydrogen-bond acceptors (Lipinski definition) is 3. The summed E-state index contributed by atoms with van der Waals surface area (Å²) in [4.78, 5) is -0.178. The van der Waals surface area contributed by atoms with Crippen LogP contribution in [0.2, 0.25) is 0 Å². The van der Waals surface area contributed by atoms with Gasteiger partial charge in [0.15, 0.2) is 0 Å². The second kappa shape index (κ2) is 22.1. The molecule has 4 nitrogen and oxygen atoms in total. The fraction of sp³-hybridized carbons (Fsp3) is 0.750. The van der Waals surface area contributed by atoms with Crippen LogP contribution in [0.25, 0.3) is 0 Å². The van der Waals surface area contributed by atoms with Gasteiger partial charge in [-0.05, 0) is 67.4 Å². The van der Waals surface area contributed by atoms with E-state index in [1.54, 1.807) is 12.1 Å². The monoisotopic (exact) mass is 659 g/mol. The maximum absolute atomic E-state index is 10.4. The van der Waals surface area contributed by atoms with Crippen LogP contribution in [0.4, 0.5) is 0 Å². The van der Waals surface area contributed by atoms with Crippen molar-refractivity contribution in [3.8, 4) is 9.85 Å². The van der Waals surface area contributed by atoms with Gasteiger partial charge in [0.1, 0.15) is 16.7 Å². The molecule has 0 atom stereocenters. The Morgan fingerprint density at radius 3 is 1.63 bits per heavy atom. The van der Waals surface area contributed by atoms with Crippen LogP contribution in [0.15, 0.2) is 29.2 Å². The van der Waals surface area contributed by atoms with E-state index in [4.69, 9.17) is 0 Å². The first-order valence-corrected chi connectivity index (χ1v) is 17.8. The van der Waals surface area contributed by atoms with Gasteiger partial charge in [0.05, 0.1) is 24.5 Å².